The van der Waals surface area contributed by atoms with Gasteiger partial charge < -0.3 is 97.3 Å². The van der Waals surface area contributed by atoms with Gasteiger partial charge in [0.25, 0.3) is 0 Å². The van der Waals surface area contributed by atoms with Crippen LogP contribution in [-0.2, 0) is 9.13 Å². The Labute approximate surface area is 397 Å². The minimum absolute atomic E-state index is 0. The molecule has 0 aromatic rings. The van der Waals surface area contributed by atoms with Gasteiger partial charge in [-0.15, -0.1) is 0 Å². The van der Waals surface area contributed by atoms with Gasteiger partial charge in [0, 0.05) is 0 Å². The number of phosphoric acid groups is 2. The molecule has 0 heterocycles. The maximum absolute atomic E-state index is 8.55. The van der Waals surface area contributed by atoms with Crippen molar-refractivity contribution in [2.24, 2.45) is 0 Å². The fraction of sp³-hybridized carbons (Fsp3) is 0. The van der Waals surface area contributed by atoms with Gasteiger partial charge in [0.2, 0.25) is 0 Å². The molecule has 0 amide bonds. The summed E-state index contributed by atoms with van der Waals surface area (Å²) in [6.07, 6.45) is 0. The summed E-state index contributed by atoms with van der Waals surface area (Å²) < 4.78 is 17.1. The van der Waals surface area contributed by atoms with Gasteiger partial charge >= 0.3 is 296 Å². The van der Waals surface area contributed by atoms with Crippen molar-refractivity contribution in [1.82, 2.24) is 0 Å². The van der Waals surface area contributed by atoms with Crippen molar-refractivity contribution in [3.8, 4) is 0 Å². The zero-order valence-corrected chi connectivity index (χ0v) is 42.1. The number of rotatable bonds is 0. The maximum Gasteiger partial charge on any atom is 1.00 e. The van der Waals surface area contributed by atoms with E-state index in [2.05, 4.69) is 0 Å². The predicted molar refractivity (Wildman–Crippen MR) is 15.2 cm³/mol. The molecule has 24 heteroatoms. The van der Waals surface area contributed by atoms with E-state index in [1.54, 1.807) is 0 Å². The molecule has 0 fully saturated rings. The van der Waals surface area contributed by atoms with Gasteiger partial charge in [-0.25, -0.2) is 0 Å². The Kier molecular flexibility index (Phi) is 324. The summed E-state index contributed by atoms with van der Waals surface area (Å²) in [7, 11) is -10.8. The summed E-state index contributed by atoms with van der Waals surface area (Å²) in [4.78, 5) is 51.3. The maximum atomic E-state index is 8.55. The molecule has 0 aliphatic rings. The molecule has 0 N–H and O–H groups in total. The van der Waals surface area contributed by atoms with E-state index >= 15 is 0 Å². The fourth-order valence-corrected chi connectivity index (χ4v) is 0. The minimum Gasteiger partial charge on any atom is -1.00 e. The van der Waals surface area contributed by atoms with Gasteiger partial charge in [-0.1, -0.05) is 0 Å². The fourth-order valence-electron chi connectivity index (χ4n) is 0. The van der Waals surface area contributed by atoms with Crippen LogP contribution in [0.1, 0.15) is 0 Å². The predicted octanol–water partition coefficient (Wildman–Crippen LogP) is -47.6. The normalized spacial score (nSPS) is 4.92. The summed E-state index contributed by atoms with van der Waals surface area (Å²) in [5, 5.41) is 0. The summed E-state index contributed by atoms with van der Waals surface area (Å²) in [5.74, 6) is 0. The average Bonchev–Trinajstić information content (AvgIpc) is 1.12. The Morgan fingerprint density at radius 3 is 0.375 bits per heavy atom. The summed E-state index contributed by atoms with van der Waals surface area (Å²) >= 11 is 0. The van der Waals surface area contributed by atoms with Crippen LogP contribution in [0.3, 0.4) is 0 Å². The van der Waals surface area contributed by atoms with Crippen molar-refractivity contribution in [2.75, 3.05) is 0 Å². The first-order valence-corrected chi connectivity index (χ1v) is 4.38. The van der Waals surface area contributed by atoms with Crippen LogP contribution in [-0.4, -0.2) is 0 Å². The second-order valence-corrected chi connectivity index (χ2v) is 2.68. The molecule has 0 unspecified atom stereocenters. The third-order valence-corrected chi connectivity index (χ3v) is 0. The molecule has 0 aromatic heterocycles. The van der Waals surface area contributed by atoms with Crippen LogP contribution < -0.4 is 384 Å². The van der Waals surface area contributed by atoms with Crippen molar-refractivity contribution >= 4 is 15.6 Å². The van der Waals surface area contributed by atoms with Crippen LogP contribution in [0.5, 0.6) is 0 Å². The topological polar surface area (TPSA) is 172 Å². The molecule has 0 saturated heterocycles. The quantitative estimate of drug-likeness (QED) is 0.184. The Morgan fingerprint density at radius 1 is 0.375 bits per heavy atom. The second-order valence-electron chi connectivity index (χ2n) is 0.894. The Morgan fingerprint density at radius 2 is 0.375 bits per heavy atom. The molecule has 96 valence electrons. The van der Waals surface area contributed by atoms with Crippen molar-refractivity contribution in [3.63, 3.8) is 0 Å². The van der Waals surface area contributed by atoms with Crippen molar-refractivity contribution in [3.05, 3.63) is 0 Å². The molecule has 0 radical (unpaired) electrons. The van der Waals surface area contributed by atoms with Crippen LogP contribution in [0, 0.1) is 0 Å². The molecule has 8 nitrogen and oxygen atoms in total. The second kappa shape index (κ2) is 70.2. The molecule has 0 aliphatic heterocycles. The largest absolute Gasteiger partial charge is 1.00 e. The van der Waals surface area contributed by atoms with Gasteiger partial charge in [-0.3, -0.25) is 0 Å². The van der Waals surface area contributed by atoms with E-state index in [1.807, 2.05) is 0 Å². The standard InChI is InChI=1S/2BrH.2ClH.10Na.2H3O4P/c;;;;;;;;;;;;;;2*1-5(2,3)4/h4*1H;;;;;;;;;;;2*(H3,1,2,3,4)/q;;;;10*+1;;/p-10. The van der Waals surface area contributed by atoms with Crippen molar-refractivity contribution in [2.45, 2.75) is 0 Å². The Balaban J connectivity index is -0.00000000241. The van der Waals surface area contributed by atoms with Gasteiger partial charge in [0.1, 0.15) is 0 Å². The molecule has 0 saturated carbocycles. The van der Waals surface area contributed by atoms with E-state index in [4.69, 9.17) is 38.5 Å². The third-order valence-electron chi connectivity index (χ3n) is 0. The Hall–Kier alpha value is 11.8. The van der Waals surface area contributed by atoms with Crippen molar-refractivity contribution < 1.29 is 393 Å². The number of hydrogen-bond donors (Lipinski definition) is 0. The number of hydrogen-bond acceptors (Lipinski definition) is 8. The molecule has 24 heavy (non-hydrogen) atoms. The van der Waals surface area contributed by atoms with Crippen molar-refractivity contribution in [1.29, 1.82) is 0 Å². The van der Waals surface area contributed by atoms with Gasteiger partial charge in [0.05, 0.1) is 0 Å². The SMILES string of the molecule is O=P([O-])([O-])[O-].O=P([O-])([O-])[O-].[Br-].[Br-].[Cl-].[Cl-].[Na+].[Na+].[Na+].[Na+].[Na+].[Na+].[Na+].[Na+].[Na+].[Na+]. The first-order chi connectivity index (χ1) is 4.00. The summed E-state index contributed by atoms with van der Waals surface area (Å²) in [5.41, 5.74) is 0. The average molecular weight is 651 g/mol. The van der Waals surface area contributed by atoms with Crippen LogP contribution in [0.2, 0.25) is 0 Å². The van der Waals surface area contributed by atoms with Crippen LogP contribution >= 0.6 is 15.6 Å². The zero-order valence-electron chi connectivity index (χ0n) is 15.7. The summed E-state index contributed by atoms with van der Waals surface area (Å²) in [6.45, 7) is 0. The molecule has 0 aromatic carbocycles. The van der Waals surface area contributed by atoms with E-state index in [9.17, 15) is 0 Å². The van der Waals surface area contributed by atoms with E-state index in [-0.39, 0.29) is 354 Å². The van der Waals surface area contributed by atoms with E-state index in [0.717, 1.165) is 0 Å². The van der Waals surface area contributed by atoms with Crippen LogP contribution in [0.4, 0.5) is 0 Å². The molecule has 0 rings (SSSR count). The molecule has 0 atom stereocenters. The van der Waals surface area contributed by atoms with Gasteiger partial charge in [-0.05, 0) is 0 Å². The molecule has 0 spiro atoms. The van der Waals surface area contributed by atoms with E-state index < -0.39 is 15.6 Å². The third kappa shape index (κ3) is 262. The molecular formula is Br2Cl2Na10O8P2. The van der Waals surface area contributed by atoms with Gasteiger partial charge in [-0.2, -0.15) is 15.6 Å². The van der Waals surface area contributed by atoms with E-state index in [0.29, 0.717) is 0 Å². The number of halogens is 4. The molecule has 0 aliphatic carbocycles. The van der Waals surface area contributed by atoms with Gasteiger partial charge in [0.15, 0.2) is 0 Å². The van der Waals surface area contributed by atoms with E-state index in [1.165, 1.54) is 0 Å². The summed E-state index contributed by atoms with van der Waals surface area (Å²) in [6, 6.07) is 0. The zero-order chi connectivity index (χ0) is 9.00. The van der Waals surface area contributed by atoms with Crippen LogP contribution in [0.15, 0.2) is 0 Å². The minimum atomic E-state index is -5.39. The first-order valence-electron chi connectivity index (χ1n) is 1.46. The Bertz CT molecular complexity index is 159. The molecular weight excluding hydrogens is 651 g/mol. The smallest absolute Gasteiger partial charge is 1.00 e. The first kappa shape index (κ1) is 111. The van der Waals surface area contributed by atoms with Crippen LogP contribution in [0.25, 0.3) is 0 Å². The monoisotopic (exact) mass is 648 g/mol. The molecule has 0 bridgehead atoms.